The lowest BCUT2D eigenvalue weighted by Gasteiger charge is -2.12. The number of para-hydroxylation sites is 1. The van der Waals surface area contributed by atoms with Crippen LogP contribution in [0.25, 0.3) is 10.8 Å². The minimum absolute atomic E-state index is 0.383. The Kier molecular flexibility index (Phi) is 7.27. The average molecular weight is 523 g/mol. The molecule has 0 saturated carbocycles. The van der Waals surface area contributed by atoms with E-state index < -0.39 is 6.03 Å². The molecule has 4 aromatic carbocycles. The number of ether oxygens (including phenoxy) is 1. The highest BCUT2D eigenvalue weighted by atomic mass is 79.9. The Morgan fingerprint density at radius 2 is 1.82 bits per heavy atom. The molecule has 0 aliphatic rings. The second kappa shape index (κ2) is 10.5. The Morgan fingerprint density at radius 1 is 1.06 bits per heavy atom. The van der Waals surface area contributed by atoms with Gasteiger partial charge in [-0.25, -0.2) is 10.2 Å². The van der Waals surface area contributed by atoms with Gasteiger partial charge in [-0.3, -0.25) is 0 Å². The maximum absolute atomic E-state index is 12.1. The first-order chi connectivity index (χ1) is 16.0. The molecule has 0 unspecified atom stereocenters. The maximum atomic E-state index is 12.1. The first-order valence-electron chi connectivity index (χ1n) is 10.3. The van der Waals surface area contributed by atoms with Crippen LogP contribution in [0.1, 0.15) is 16.7 Å². The van der Waals surface area contributed by atoms with Gasteiger partial charge in [-0.15, -0.1) is 0 Å². The van der Waals surface area contributed by atoms with Gasteiger partial charge in [0, 0.05) is 5.69 Å². The lowest BCUT2D eigenvalue weighted by Crippen LogP contribution is -2.24. The topological polar surface area (TPSA) is 62.7 Å². The Morgan fingerprint density at radius 3 is 2.64 bits per heavy atom. The van der Waals surface area contributed by atoms with Gasteiger partial charge in [0.15, 0.2) is 5.75 Å². The number of halogens is 2. The average Bonchev–Trinajstić information content (AvgIpc) is 2.80. The number of benzene rings is 4. The first-order valence-corrected chi connectivity index (χ1v) is 11.4. The van der Waals surface area contributed by atoms with Crippen molar-refractivity contribution in [3.63, 3.8) is 0 Å². The predicted octanol–water partition coefficient (Wildman–Crippen LogP) is 7.30. The van der Waals surface area contributed by atoms with Gasteiger partial charge >= 0.3 is 6.03 Å². The largest absolute Gasteiger partial charge is 0.486 e. The molecule has 2 amide bonds. The third kappa shape index (κ3) is 5.72. The third-order valence-electron chi connectivity index (χ3n) is 5.05. The van der Waals surface area contributed by atoms with Crippen molar-refractivity contribution < 1.29 is 9.53 Å². The number of fused-ring (bicyclic) bond motifs is 1. The minimum Gasteiger partial charge on any atom is -0.486 e. The number of nitrogens with zero attached hydrogens (tertiary/aromatic N) is 1. The van der Waals surface area contributed by atoms with Crippen molar-refractivity contribution in [3.05, 3.63) is 105 Å². The van der Waals surface area contributed by atoms with Crippen LogP contribution in [0.5, 0.6) is 5.75 Å². The van der Waals surface area contributed by atoms with E-state index in [1.54, 1.807) is 6.07 Å². The van der Waals surface area contributed by atoms with E-state index in [9.17, 15) is 4.79 Å². The Balaban J connectivity index is 1.40. The number of carbonyl (C=O) groups excluding carboxylic acids is 1. The molecule has 0 atom stereocenters. The SMILES string of the molecule is Cc1ccccc1NC(=O)NN=Cc1cc(Cl)c(OCc2cccc3ccccc23)c(Br)c1. The molecular formula is C26H21BrClN3O2. The van der Waals surface area contributed by atoms with Gasteiger partial charge in [0.25, 0.3) is 0 Å². The molecule has 0 fully saturated rings. The van der Waals surface area contributed by atoms with Crippen LogP contribution in [0.3, 0.4) is 0 Å². The van der Waals surface area contributed by atoms with Crippen molar-refractivity contribution in [2.45, 2.75) is 13.5 Å². The Labute approximate surface area is 205 Å². The van der Waals surface area contributed by atoms with E-state index in [-0.39, 0.29) is 0 Å². The number of anilines is 1. The molecule has 0 aromatic heterocycles. The summed E-state index contributed by atoms with van der Waals surface area (Å²) in [5, 5.41) is 9.50. The molecule has 0 spiro atoms. The highest BCUT2D eigenvalue weighted by molar-refractivity contribution is 9.10. The molecule has 0 saturated heterocycles. The molecule has 7 heteroatoms. The third-order valence-corrected chi connectivity index (χ3v) is 5.92. The van der Waals surface area contributed by atoms with Crippen LogP contribution in [0.2, 0.25) is 5.02 Å². The summed E-state index contributed by atoms with van der Waals surface area (Å²) < 4.78 is 6.73. The summed E-state index contributed by atoms with van der Waals surface area (Å²) in [7, 11) is 0. The van der Waals surface area contributed by atoms with Crippen LogP contribution in [0, 0.1) is 6.92 Å². The zero-order chi connectivity index (χ0) is 23.2. The van der Waals surface area contributed by atoms with Crippen molar-refractivity contribution in [1.82, 2.24) is 5.43 Å². The number of carbonyl (C=O) groups is 1. The molecule has 0 bridgehead atoms. The maximum Gasteiger partial charge on any atom is 0.339 e. The fourth-order valence-electron chi connectivity index (χ4n) is 3.39. The summed E-state index contributed by atoms with van der Waals surface area (Å²) in [6.07, 6.45) is 1.52. The lowest BCUT2D eigenvalue weighted by molar-refractivity contribution is 0.252. The van der Waals surface area contributed by atoms with Gasteiger partial charge in [-0.1, -0.05) is 72.3 Å². The first kappa shape index (κ1) is 22.8. The molecular weight excluding hydrogens is 502 g/mol. The van der Waals surface area contributed by atoms with Crippen LogP contribution in [-0.4, -0.2) is 12.2 Å². The van der Waals surface area contributed by atoms with Gasteiger partial charge in [0.1, 0.15) is 6.61 Å². The van der Waals surface area contributed by atoms with Crippen LogP contribution in [0.4, 0.5) is 10.5 Å². The van der Waals surface area contributed by atoms with Crippen molar-refractivity contribution in [3.8, 4) is 5.75 Å². The monoisotopic (exact) mass is 521 g/mol. The second-order valence-corrected chi connectivity index (χ2v) is 8.64. The van der Waals surface area contributed by atoms with Gasteiger partial charge in [0.2, 0.25) is 0 Å². The molecule has 0 radical (unpaired) electrons. The second-order valence-electron chi connectivity index (χ2n) is 7.38. The summed E-state index contributed by atoms with van der Waals surface area (Å²) in [6.45, 7) is 2.30. The number of urea groups is 1. The standard InChI is InChI=1S/C26H21BrClN3O2/c1-17-7-2-5-12-24(17)30-26(32)31-29-15-18-13-22(27)25(23(28)14-18)33-16-20-10-6-9-19-8-3-4-11-21(19)20/h2-15H,16H2,1H3,(H2,30,31,32). The van der Waals surface area contributed by atoms with E-state index in [0.29, 0.717) is 27.4 Å². The van der Waals surface area contributed by atoms with Gasteiger partial charge in [-0.2, -0.15) is 5.10 Å². The number of aryl methyl sites for hydroxylation is 1. The van der Waals surface area contributed by atoms with Crippen LogP contribution in [0.15, 0.2) is 88.4 Å². The Bertz CT molecular complexity index is 1310. The molecule has 166 valence electrons. The number of amides is 2. The molecule has 0 heterocycles. The summed E-state index contributed by atoms with van der Waals surface area (Å²) in [6, 6.07) is 24.9. The van der Waals surface area contributed by atoms with E-state index in [0.717, 1.165) is 27.6 Å². The lowest BCUT2D eigenvalue weighted by atomic mass is 10.1. The number of hydrogen-bond acceptors (Lipinski definition) is 3. The van der Waals surface area contributed by atoms with Crippen LogP contribution < -0.4 is 15.5 Å². The van der Waals surface area contributed by atoms with Crippen molar-refractivity contribution in [1.29, 1.82) is 0 Å². The summed E-state index contributed by atoms with van der Waals surface area (Å²) in [5.74, 6) is 0.548. The van der Waals surface area contributed by atoms with Gasteiger partial charge in [0.05, 0.1) is 15.7 Å². The molecule has 4 aromatic rings. The van der Waals surface area contributed by atoms with Crippen LogP contribution in [-0.2, 0) is 6.61 Å². The number of rotatable bonds is 6. The van der Waals surface area contributed by atoms with E-state index in [2.05, 4.69) is 50.0 Å². The van der Waals surface area contributed by atoms with Crippen molar-refractivity contribution in [2.24, 2.45) is 5.10 Å². The number of nitrogens with one attached hydrogen (secondary N) is 2. The smallest absolute Gasteiger partial charge is 0.339 e. The predicted molar refractivity (Wildman–Crippen MR) is 138 cm³/mol. The normalized spacial score (nSPS) is 11.0. The van der Waals surface area contributed by atoms with E-state index in [1.165, 1.54) is 6.21 Å². The van der Waals surface area contributed by atoms with E-state index in [4.69, 9.17) is 16.3 Å². The van der Waals surface area contributed by atoms with E-state index in [1.807, 2.05) is 61.5 Å². The summed E-state index contributed by atoms with van der Waals surface area (Å²) in [4.78, 5) is 12.1. The molecule has 33 heavy (non-hydrogen) atoms. The highest BCUT2D eigenvalue weighted by Crippen LogP contribution is 2.35. The quantitative estimate of drug-likeness (QED) is 0.206. The molecule has 0 aliphatic carbocycles. The molecule has 4 rings (SSSR count). The highest BCUT2D eigenvalue weighted by Gasteiger charge is 2.10. The van der Waals surface area contributed by atoms with Gasteiger partial charge < -0.3 is 10.1 Å². The fourth-order valence-corrected chi connectivity index (χ4v) is 4.38. The summed E-state index contributed by atoms with van der Waals surface area (Å²) >= 11 is 9.99. The van der Waals surface area contributed by atoms with Crippen LogP contribution >= 0.6 is 27.5 Å². The zero-order valence-electron chi connectivity index (χ0n) is 17.8. The number of hydrogen-bond donors (Lipinski definition) is 2. The zero-order valence-corrected chi connectivity index (χ0v) is 20.2. The number of hydrazone groups is 1. The molecule has 5 nitrogen and oxygen atoms in total. The minimum atomic E-state index is -0.430. The fraction of sp³-hybridized carbons (Fsp3) is 0.0769. The van der Waals surface area contributed by atoms with Crippen molar-refractivity contribution in [2.75, 3.05) is 5.32 Å². The Hall–Kier alpha value is -3.35. The summed E-state index contributed by atoms with van der Waals surface area (Å²) in [5.41, 5.74) is 5.93. The van der Waals surface area contributed by atoms with Crippen molar-refractivity contribution >= 4 is 56.2 Å². The van der Waals surface area contributed by atoms with Gasteiger partial charge in [-0.05, 0) is 68.5 Å². The van der Waals surface area contributed by atoms with E-state index >= 15 is 0 Å². The molecule has 2 N–H and O–H groups in total. The molecule has 0 aliphatic heterocycles.